The van der Waals surface area contributed by atoms with Crippen molar-refractivity contribution in [2.45, 2.75) is 31.6 Å². The van der Waals surface area contributed by atoms with E-state index in [0.717, 1.165) is 23.1 Å². The van der Waals surface area contributed by atoms with Crippen LogP contribution in [0, 0.1) is 0 Å². The van der Waals surface area contributed by atoms with E-state index < -0.39 is 50.9 Å². The van der Waals surface area contributed by atoms with Crippen molar-refractivity contribution in [2.24, 2.45) is 0 Å². The second-order valence-corrected chi connectivity index (χ2v) is 8.77. The van der Waals surface area contributed by atoms with E-state index >= 15 is 0 Å². The van der Waals surface area contributed by atoms with Crippen molar-refractivity contribution in [3.05, 3.63) is 41.8 Å². The summed E-state index contributed by atoms with van der Waals surface area (Å²) in [6, 6.07) is 2.58. The first kappa shape index (κ1) is 28.5. The Labute approximate surface area is 223 Å². The SMILES string of the molecule is CCCCN1C(=O)/C(=C/C=C2\Oc3ccc(S(=O)(=O)[O-])cc3N2CC)C(=O)N(CC(=O)O)C1=O.[Na+]. The topological polar surface area (TPSA) is 165 Å². The van der Waals surface area contributed by atoms with Gasteiger partial charge >= 0.3 is 41.6 Å². The maximum absolute atomic E-state index is 12.9. The Morgan fingerprint density at radius 3 is 2.31 bits per heavy atom. The molecule has 1 aromatic rings. The number of fused-ring (bicyclic) bond motifs is 1. The van der Waals surface area contributed by atoms with Crippen molar-refractivity contribution in [3.63, 3.8) is 0 Å². The largest absolute Gasteiger partial charge is 1.00 e. The van der Waals surface area contributed by atoms with Crippen LogP contribution in [-0.2, 0) is 24.5 Å². The Balaban J connectivity index is 0.00000432. The molecule has 0 saturated carbocycles. The summed E-state index contributed by atoms with van der Waals surface area (Å²) >= 11 is 0. The van der Waals surface area contributed by atoms with Gasteiger partial charge in [-0.1, -0.05) is 13.3 Å². The number of unbranched alkanes of at least 4 members (excludes halogenated alkanes) is 1. The minimum atomic E-state index is -4.70. The van der Waals surface area contributed by atoms with Gasteiger partial charge in [-0.25, -0.2) is 18.1 Å². The van der Waals surface area contributed by atoms with Gasteiger partial charge in [-0.3, -0.25) is 19.3 Å². The number of carboxylic acids is 1. The van der Waals surface area contributed by atoms with Crippen LogP contribution in [0.3, 0.4) is 0 Å². The Morgan fingerprint density at radius 2 is 1.74 bits per heavy atom. The molecule has 1 N–H and O–H groups in total. The van der Waals surface area contributed by atoms with Gasteiger partial charge < -0.3 is 19.3 Å². The number of rotatable bonds is 8. The maximum atomic E-state index is 12.9. The third-order valence-corrected chi connectivity index (χ3v) is 5.97. The van der Waals surface area contributed by atoms with Crippen LogP contribution in [0.25, 0.3) is 0 Å². The molecule has 35 heavy (non-hydrogen) atoms. The number of hydrogen-bond donors (Lipinski definition) is 1. The van der Waals surface area contributed by atoms with Gasteiger partial charge in [-0.05, 0) is 43.7 Å². The third kappa shape index (κ3) is 5.93. The fourth-order valence-corrected chi connectivity index (χ4v) is 3.96. The molecule has 2 aliphatic rings. The van der Waals surface area contributed by atoms with Gasteiger partial charge in [0.15, 0.2) is 5.75 Å². The van der Waals surface area contributed by atoms with E-state index in [2.05, 4.69) is 0 Å². The zero-order valence-corrected chi connectivity index (χ0v) is 22.2. The average Bonchev–Trinajstić information content (AvgIpc) is 3.12. The first-order valence-corrected chi connectivity index (χ1v) is 11.8. The number of ether oxygens (including phenoxy) is 1. The minimum Gasteiger partial charge on any atom is -0.744 e. The molecule has 12 nitrogen and oxygen atoms in total. The zero-order chi connectivity index (χ0) is 25.2. The van der Waals surface area contributed by atoms with Crippen molar-refractivity contribution < 1.29 is 71.5 Å². The molecule has 0 bridgehead atoms. The molecule has 0 unspecified atom stereocenters. The number of aliphatic carboxylic acids is 1. The molecule has 2 heterocycles. The van der Waals surface area contributed by atoms with Crippen LogP contribution in [0.5, 0.6) is 5.75 Å². The van der Waals surface area contributed by atoms with Crippen molar-refractivity contribution in [1.82, 2.24) is 9.80 Å². The van der Waals surface area contributed by atoms with Crippen LogP contribution in [0.2, 0.25) is 0 Å². The van der Waals surface area contributed by atoms with Gasteiger partial charge in [0.05, 0.1) is 10.6 Å². The van der Waals surface area contributed by atoms with E-state index in [9.17, 15) is 32.1 Å². The zero-order valence-electron chi connectivity index (χ0n) is 19.4. The molecule has 1 saturated heterocycles. The number of hydrogen-bond acceptors (Lipinski definition) is 9. The molecule has 0 radical (unpaired) electrons. The molecule has 0 aromatic heterocycles. The first-order chi connectivity index (χ1) is 16.0. The van der Waals surface area contributed by atoms with Gasteiger partial charge in [-0.15, -0.1) is 0 Å². The number of carbonyl (C=O) groups excluding carboxylic acids is 3. The summed E-state index contributed by atoms with van der Waals surface area (Å²) in [5.74, 6) is -2.94. The normalized spacial score (nSPS) is 18.1. The van der Waals surface area contributed by atoms with Crippen molar-refractivity contribution >= 4 is 39.6 Å². The van der Waals surface area contributed by atoms with E-state index in [0.29, 0.717) is 30.0 Å². The van der Waals surface area contributed by atoms with Crippen LogP contribution in [0.4, 0.5) is 10.5 Å². The first-order valence-electron chi connectivity index (χ1n) is 10.4. The van der Waals surface area contributed by atoms with Crippen molar-refractivity contribution in [1.29, 1.82) is 0 Å². The average molecular weight is 515 g/mol. The number of amides is 4. The number of allylic oxidation sites excluding steroid dienone is 2. The molecule has 0 aliphatic carbocycles. The summed E-state index contributed by atoms with van der Waals surface area (Å²) in [5.41, 5.74) is -0.125. The van der Waals surface area contributed by atoms with Crippen LogP contribution in [0.1, 0.15) is 26.7 Å². The van der Waals surface area contributed by atoms with Gasteiger partial charge in [-0.2, -0.15) is 0 Å². The smallest absolute Gasteiger partial charge is 0.744 e. The number of barbiturate groups is 1. The van der Waals surface area contributed by atoms with E-state index in [-0.39, 0.29) is 47.7 Å². The summed E-state index contributed by atoms with van der Waals surface area (Å²) in [4.78, 5) is 51.7. The molecule has 0 spiro atoms. The molecule has 4 amide bonds. The fourth-order valence-electron chi connectivity index (χ4n) is 3.47. The monoisotopic (exact) mass is 515 g/mol. The molecule has 14 heteroatoms. The third-order valence-electron chi connectivity index (χ3n) is 5.14. The van der Waals surface area contributed by atoms with Crippen molar-refractivity contribution in [2.75, 3.05) is 24.5 Å². The van der Waals surface area contributed by atoms with Crippen LogP contribution in [-0.4, -0.2) is 71.3 Å². The molecule has 1 aromatic carbocycles. The molecule has 182 valence electrons. The number of anilines is 1. The molecule has 1 fully saturated rings. The Kier molecular flexibility index (Phi) is 9.25. The fraction of sp³-hybridized carbons (Fsp3) is 0.333. The Hall–Kier alpha value is -2.71. The molecule has 0 atom stereocenters. The summed E-state index contributed by atoms with van der Waals surface area (Å²) in [6.07, 6.45) is 3.53. The molecular formula is C21H22N3NaO9S. The molecule has 3 rings (SSSR count). The van der Waals surface area contributed by atoms with Crippen LogP contribution >= 0.6 is 0 Å². The summed E-state index contributed by atoms with van der Waals surface area (Å²) in [7, 11) is -4.70. The number of benzene rings is 1. The summed E-state index contributed by atoms with van der Waals surface area (Å²) in [6.45, 7) is 2.98. The second kappa shape index (κ2) is 11.4. The number of imide groups is 2. The number of carboxylic acid groups (broad SMARTS) is 1. The number of nitrogens with zero attached hydrogens (tertiary/aromatic N) is 3. The summed E-state index contributed by atoms with van der Waals surface area (Å²) in [5, 5.41) is 9.09. The van der Waals surface area contributed by atoms with Gasteiger partial charge in [0.1, 0.15) is 22.2 Å². The Bertz CT molecular complexity index is 1230. The van der Waals surface area contributed by atoms with Crippen molar-refractivity contribution in [3.8, 4) is 5.75 Å². The van der Waals surface area contributed by atoms with Crippen LogP contribution in [0.15, 0.2) is 46.7 Å². The van der Waals surface area contributed by atoms with Gasteiger partial charge in [0.25, 0.3) is 11.8 Å². The van der Waals surface area contributed by atoms with E-state index in [4.69, 9.17) is 9.84 Å². The van der Waals surface area contributed by atoms with Gasteiger partial charge in [0, 0.05) is 13.1 Å². The summed E-state index contributed by atoms with van der Waals surface area (Å²) < 4.78 is 39.8. The number of urea groups is 1. The number of carbonyl (C=O) groups is 4. The molecular weight excluding hydrogens is 493 g/mol. The standard InChI is InChI=1S/C21H23N3O9S.Na/c1-3-5-10-23-19(27)14(20(28)24(21(23)29)12-18(25)26)7-9-17-22(4-2)15-11-13(34(30,31)32)6-8-16(15)33-17;/h6-9,11H,3-5,10,12H2,1-2H3,(H,25,26)(H,30,31,32);/q;+1/p-1/b14-7-,17-9-;. The van der Waals surface area contributed by atoms with E-state index in [1.54, 1.807) is 6.92 Å². The second-order valence-electron chi connectivity index (χ2n) is 7.39. The minimum absolute atomic E-state index is 0. The van der Waals surface area contributed by atoms with Gasteiger partial charge in [0.2, 0.25) is 5.88 Å². The molecule has 2 aliphatic heterocycles. The van der Waals surface area contributed by atoms with E-state index in [1.165, 1.54) is 17.0 Å². The predicted molar refractivity (Wildman–Crippen MR) is 116 cm³/mol. The van der Waals surface area contributed by atoms with E-state index in [1.807, 2.05) is 6.92 Å². The predicted octanol–water partition coefficient (Wildman–Crippen LogP) is -1.74. The van der Waals surface area contributed by atoms with Crippen LogP contribution < -0.4 is 39.2 Å². The quantitative estimate of drug-likeness (QED) is 0.182. The Morgan fingerprint density at radius 1 is 1.09 bits per heavy atom. The maximum Gasteiger partial charge on any atom is 1.00 e.